The monoisotopic (exact) mass is 433 g/mol. The molecule has 0 saturated heterocycles. The summed E-state index contributed by atoms with van der Waals surface area (Å²) in [5.41, 5.74) is 1.06. The van der Waals surface area contributed by atoms with Gasteiger partial charge in [-0.3, -0.25) is 9.59 Å². The van der Waals surface area contributed by atoms with Crippen LogP contribution in [-0.4, -0.2) is 29.9 Å². The van der Waals surface area contributed by atoms with E-state index in [9.17, 15) is 14.0 Å². The maximum atomic E-state index is 13.4. The number of fused-ring (bicyclic) bond motifs is 1. The second kappa shape index (κ2) is 8.89. The number of halogens is 1. The Balaban J connectivity index is 1.69. The van der Waals surface area contributed by atoms with E-state index in [1.165, 1.54) is 43.2 Å². The molecule has 0 unspecified atom stereocenters. The lowest BCUT2D eigenvalue weighted by atomic mass is 10.1. The van der Waals surface area contributed by atoms with Crippen LogP contribution in [0.2, 0.25) is 0 Å². The molecule has 8 heteroatoms. The third-order valence-electron chi connectivity index (χ3n) is 4.98. The first-order chi connectivity index (χ1) is 15.5. The van der Waals surface area contributed by atoms with E-state index >= 15 is 0 Å². The molecule has 0 bridgehead atoms. The van der Waals surface area contributed by atoms with Crippen molar-refractivity contribution in [3.63, 3.8) is 0 Å². The van der Waals surface area contributed by atoms with Crippen molar-refractivity contribution < 1.29 is 18.7 Å². The molecule has 1 N–H and O–H groups in total. The van der Waals surface area contributed by atoms with Crippen LogP contribution < -0.4 is 20.2 Å². The van der Waals surface area contributed by atoms with Crippen molar-refractivity contribution in [1.82, 2.24) is 15.1 Å². The van der Waals surface area contributed by atoms with Gasteiger partial charge in [0.2, 0.25) is 5.43 Å². The number of carbonyl (C=O) groups is 1. The molecule has 0 aliphatic heterocycles. The van der Waals surface area contributed by atoms with Gasteiger partial charge in [0.15, 0.2) is 17.2 Å². The fourth-order valence-corrected chi connectivity index (χ4v) is 3.36. The number of benzene rings is 3. The Morgan fingerprint density at radius 3 is 2.44 bits per heavy atom. The van der Waals surface area contributed by atoms with E-state index in [-0.39, 0.29) is 12.2 Å². The number of hydrogen-bond acceptors (Lipinski definition) is 5. The molecule has 0 atom stereocenters. The Morgan fingerprint density at radius 2 is 1.72 bits per heavy atom. The second-order valence-corrected chi connectivity index (χ2v) is 6.96. The number of nitrogens with zero attached hydrogens (tertiary/aromatic N) is 2. The van der Waals surface area contributed by atoms with Gasteiger partial charge in [-0.25, -0.2) is 9.07 Å². The molecule has 0 saturated carbocycles. The first kappa shape index (κ1) is 21.0. The molecule has 32 heavy (non-hydrogen) atoms. The zero-order valence-electron chi connectivity index (χ0n) is 17.5. The number of amides is 1. The number of nitrogens with one attached hydrogen (secondary N) is 1. The van der Waals surface area contributed by atoms with E-state index in [1.807, 2.05) is 0 Å². The minimum atomic E-state index is -0.619. The van der Waals surface area contributed by atoms with Crippen molar-refractivity contribution >= 4 is 16.8 Å². The fraction of sp³-hybridized carbons (Fsp3) is 0.125. The molecular weight excluding hydrogens is 413 g/mol. The van der Waals surface area contributed by atoms with Gasteiger partial charge < -0.3 is 14.8 Å². The smallest absolute Gasteiger partial charge is 0.276 e. The Hall–Kier alpha value is -4.20. The first-order valence-electron chi connectivity index (χ1n) is 9.79. The van der Waals surface area contributed by atoms with Gasteiger partial charge in [-0.1, -0.05) is 18.2 Å². The van der Waals surface area contributed by atoms with E-state index in [0.29, 0.717) is 28.1 Å². The summed E-state index contributed by atoms with van der Waals surface area (Å²) < 4.78 is 25.3. The SMILES string of the molecule is COc1ccc(CNC(=O)c2nn(-c3ccc(F)cc3)c3ccccc3c2=O)cc1OC. The molecule has 0 aliphatic rings. The zero-order valence-corrected chi connectivity index (χ0v) is 17.5. The van der Waals surface area contributed by atoms with Crippen LogP contribution in [0.1, 0.15) is 16.1 Å². The van der Waals surface area contributed by atoms with Gasteiger partial charge in [0.05, 0.1) is 30.8 Å². The van der Waals surface area contributed by atoms with Crippen molar-refractivity contribution in [2.24, 2.45) is 0 Å². The number of ether oxygens (including phenoxy) is 2. The van der Waals surface area contributed by atoms with E-state index in [2.05, 4.69) is 10.4 Å². The summed E-state index contributed by atoms with van der Waals surface area (Å²) in [4.78, 5) is 25.9. The lowest BCUT2D eigenvalue weighted by Crippen LogP contribution is -2.31. The van der Waals surface area contributed by atoms with Crippen LogP contribution >= 0.6 is 0 Å². The van der Waals surface area contributed by atoms with Gasteiger partial charge in [0, 0.05) is 6.54 Å². The molecule has 4 aromatic rings. The molecule has 1 amide bonds. The lowest BCUT2D eigenvalue weighted by molar-refractivity contribution is 0.0943. The average Bonchev–Trinajstić information content (AvgIpc) is 2.83. The molecular formula is C24H20FN3O4. The maximum Gasteiger partial charge on any atom is 0.276 e. The highest BCUT2D eigenvalue weighted by atomic mass is 19.1. The summed E-state index contributed by atoms with van der Waals surface area (Å²) in [6.45, 7) is 0.156. The normalized spacial score (nSPS) is 10.7. The maximum absolute atomic E-state index is 13.4. The van der Waals surface area contributed by atoms with E-state index < -0.39 is 17.2 Å². The largest absolute Gasteiger partial charge is 0.493 e. The Morgan fingerprint density at radius 1 is 1.00 bits per heavy atom. The summed E-state index contributed by atoms with van der Waals surface area (Å²) >= 11 is 0. The van der Waals surface area contributed by atoms with Gasteiger partial charge in [-0.05, 0) is 54.1 Å². The van der Waals surface area contributed by atoms with Crippen LogP contribution in [0.3, 0.4) is 0 Å². The molecule has 0 fully saturated rings. The molecule has 7 nitrogen and oxygen atoms in total. The summed E-state index contributed by atoms with van der Waals surface area (Å²) in [5, 5.41) is 7.36. The van der Waals surface area contributed by atoms with Crippen molar-refractivity contribution in [3.05, 3.63) is 94.0 Å². The highest BCUT2D eigenvalue weighted by molar-refractivity contribution is 5.95. The fourth-order valence-electron chi connectivity index (χ4n) is 3.36. The minimum absolute atomic E-state index is 0.156. The van der Waals surface area contributed by atoms with E-state index in [0.717, 1.165) is 5.56 Å². The highest BCUT2D eigenvalue weighted by Crippen LogP contribution is 2.27. The molecule has 0 spiro atoms. The van der Waals surface area contributed by atoms with Crippen molar-refractivity contribution in [2.75, 3.05) is 14.2 Å². The Kier molecular flexibility index (Phi) is 5.85. The second-order valence-electron chi connectivity index (χ2n) is 6.96. The third kappa shape index (κ3) is 4.02. The van der Waals surface area contributed by atoms with Crippen LogP contribution in [0, 0.1) is 5.82 Å². The van der Waals surface area contributed by atoms with Crippen LogP contribution in [0.5, 0.6) is 11.5 Å². The van der Waals surface area contributed by atoms with Crippen LogP contribution in [0.25, 0.3) is 16.6 Å². The van der Waals surface area contributed by atoms with Crippen LogP contribution in [0.15, 0.2) is 71.5 Å². The minimum Gasteiger partial charge on any atom is -0.493 e. The molecule has 0 radical (unpaired) electrons. The number of aromatic nitrogens is 2. The summed E-state index contributed by atoms with van der Waals surface area (Å²) in [6.07, 6.45) is 0. The molecule has 4 rings (SSSR count). The number of carbonyl (C=O) groups excluding carboxylic acids is 1. The predicted octanol–water partition coefficient (Wildman–Crippen LogP) is 3.47. The van der Waals surface area contributed by atoms with Crippen LogP contribution in [-0.2, 0) is 6.54 Å². The van der Waals surface area contributed by atoms with Crippen LogP contribution in [0.4, 0.5) is 4.39 Å². The van der Waals surface area contributed by atoms with Gasteiger partial charge in [-0.15, -0.1) is 0 Å². The van der Waals surface area contributed by atoms with Crippen molar-refractivity contribution in [2.45, 2.75) is 6.54 Å². The number of methoxy groups -OCH3 is 2. The molecule has 3 aromatic carbocycles. The molecule has 0 aliphatic carbocycles. The van der Waals surface area contributed by atoms with Gasteiger partial charge >= 0.3 is 0 Å². The quantitative estimate of drug-likeness (QED) is 0.504. The average molecular weight is 433 g/mol. The highest BCUT2D eigenvalue weighted by Gasteiger charge is 2.18. The van der Waals surface area contributed by atoms with E-state index in [1.54, 1.807) is 42.5 Å². The molecule has 1 heterocycles. The third-order valence-corrected chi connectivity index (χ3v) is 4.98. The van der Waals surface area contributed by atoms with E-state index in [4.69, 9.17) is 9.47 Å². The predicted molar refractivity (Wildman–Crippen MR) is 118 cm³/mol. The number of para-hydroxylation sites is 1. The molecule has 162 valence electrons. The summed E-state index contributed by atoms with van der Waals surface area (Å²) in [6, 6.07) is 17.7. The van der Waals surface area contributed by atoms with Gasteiger partial charge in [0.1, 0.15) is 5.82 Å². The molecule has 1 aromatic heterocycles. The summed E-state index contributed by atoms with van der Waals surface area (Å²) in [7, 11) is 3.06. The lowest BCUT2D eigenvalue weighted by Gasteiger charge is -2.13. The number of rotatable bonds is 6. The van der Waals surface area contributed by atoms with Gasteiger partial charge in [-0.2, -0.15) is 5.10 Å². The zero-order chi connectivity index (χ0) is 22.7. The standard InChI is InChI=1S/C24H20FN3O4/c1-31-20-12-7-15(13-21(20)32-2)14-26-24(30)22-23(29)18-5-3-4-6-19(18)28(27-22)17-10-8-16(25)9-11-17/h3-13H,14H2,1-2H3,(H,26,30). The number of hydrogen-bond donors (Lipinski definition) is 1. The summed E-state index contributed by atoms with van der Waals surface area (Å²) in [5.74, 6) is 0.0843. The van der Waals surface area contributed by atoms with Gasteiger partial charge in [0.25, 0.3) is 5.91 Å². The van der Waals surface area contributed by atoms with Crippen molar-refractivity contribution in [1.29, 1.82) is 0 Å². The van der Waals surface area contributed by atoms with Crippen molar-refractivity contribution in [3.8, 4) is 17.2 Å². The first-order valence-corrected chi connectivity index (χ1v) is 9.79. The Labute approximate surface area is 183 Å². The topological polar surface area (TPSA) is 82.5 Å². The Bertz CT molecular complexity index is 1350.